The first kappa shape index (κ1) is 35.6. The number of nitrogens with zero attached hydrogens (tertiary/aromatic N) is 1. The highest BCUT2D eigenvalue weighted by molar-refractivity contribution is 8.00. The Kier molecular flexibility index (Phi) is 12.3. The number of methoxy groups -OCH3 is 1. The Bertz CT molecular complexity index is 1490. The lowest BCUT2D eigenvalue weighted by Gasteiger charge is -2.43. The molecule has 1 aliphatic rings. The van der Waals surface area contributed by atoms with Crippen LogP contribution in [0, 0.1) is 17.0 Å². The molecule has 0 aliphatic carbocycles. The lowest BCUT2D eigenvalue weighted by atomic mass is 9.98. The average molecular weight is 664 g/mol. The third-order valence-corrected chi connectivity index (χ3v) is 7.85. The van der Waals surface area contributed by atoms with E-state index in [9.17, 15) is 34.1 Å². The molecule has 1 aliphatic heterocycles. The zero-order valence-corrected chi connectivity index (χ0v) is 26.7. The van der Waals surface area contributed by atoms with Crippen molar-refractivity contribution in [3.05, 3.63) is 63.2 Å². The Hall–Kier alpha value is -4.86. The summed E-state index contributed by atoms with van der Waals surface area (Å²) in [5.74, 6) is -2.79. The van der Waals surface area contributed by atoms with Gasteiger partial charge >= 0.3 is 30.0 Å². The first-order valence-corrected chi connectivity index (χ1v) is 14.7. The monoisotopic (exact) mass is 663 g/mol. The van der Waals surface area contributed by atoms with E-state index in [0.717, 1.165) is 39.6 Å². The number of ether oxygens (including phenoxy) is 7. The quantitative estimate of drug-likeness (QED) is 0.111. The van der Waals surface area contributed by atoms with Crippen molar-refractivity contribution in [1.29, 1.82) is 0 Å². The van der Waals surface area contributed by atoms with E-state index in [4.69, 9.17) is 28.4 Å². The Morgan fingerprint density at radius 2 is 1.50 bits per heavy atom. The highest BCUT2D eigenvalue weighted by Gasteiger charge is 2.53. The number of nitro benzene ring substituents is 1. The van der Waals surface area contributed by atoms with Crippen molar-refractivity contribution in [1.82, 2.24) is 0 Å². The van der Waals surface area contributed by atoms with Crippen LogP contribution in [0.25, 0.3) is 0 Å². The van der Waals surface area contributed by atoms with Gasteiger partial charge in [-0.05, 0) is 24.1 Å². The standard InChI is InChI=1S/C30H33NO14S/c1-15-10-22(44-30(36)39-6)13-24(23(15)12-20-8-7-9-21(11-20)31(37)38)45-29-28(43-19(5)35)27(42-18(4)34)26(41-17(3)33)25(46-29)14-40-16(2)32/h7-11,13,25-29H,12,14H2,1-6H3/t25-,26-,27+,28-,29-/m1/s1. The zero-order valence-electron chi connectivity index (χ0n) is 25.8. The SMILES string of the molecule is COC(=O)Oc1cc(C)c(Cc2cccc([N+](=O)[O-])c2)c(O[C@@H]2S[C@H](COC(C)=O)[C@@H](OC(C)=O)[C@H](OC(C)=O)[C@H]2OC(C)=O)c1. The molecule has 0 unspecified atom stereocenters. The number of hydrogen-bond acceptors (Lipinski definition) is 15. The van der Waals surface area contributed by atoms with E-state index < -0.39 is 64.0 Å². The van der Waals surface area contributed by atoms with Gasteiger partial charge in [0.05, 0.1) is 17.3 Å². The maximum Gasteiger partial charge on any atom is 0.513 e. The molecule has 0 N–H and O–H groups in total. The van der Waals surface area contributed by atoms with Crippen LogP contribution >= 0.6 is 11.8 Å². The fourth-order valence-electron chi connectivity index (χ4n) is 4.67. The smallest absolute Gasteiger partial charge is 0.475 e. The van der Waals surface area contributed by atoms with Crippen LogP contribution in [0.2, 0.25) is 0 Å². The minimum atomic E-state index is -1.40. The maximum atomic E-state index is 12.3. The summed E-state index contributed by atoms with van der Waals surface area (Å²) < 4.78 is 38.1. The number of rotatable bonds is 11. The summed E-state index contributed by atoms with van der Waals surface area (Å²) in [5.41, 5.74) is 0.311. The molecule has 2 aromatic carbocycles. The van der Waals surface area contributed by atoms with E-state index in [-0.39, 0.29) is 30.2 Å². The minimum absolute atomic E-state index is 0.0257. The normalized spacial score (nSPS) is 20.4. The summed E-state index contributed by atoms with van der Waals surface area (Å²) in [6.07, 6.45) is -4.87. The number of thioether (sulfide) groups is 1. The van der Waals surface area contributed by atoms with Crippen molar-refractivity contribution >= 4 is 47.5 Å². The Morgan fingerprint density at radius 1 is 0.870 bits per heavy atom. The number of esters is 4. The van der Waals surface area contributed by atoms with Crippen molar-refractivity contribution in [3.8, 4) is 11.5 Å². The second kappa shape index (κ2) is 15.9. The molecule has 1 heterocycles. The topological polar surface area (TPSA) is 193 Å². The number of non-ortho nitro benzene ring substituents is 1. The van der Waals surface area contributed by atoms with Gasteiger partial charge in [0.15, 0.2) is 23.7 Å². The second-order valence-corrected chi connectivity index (χ2v) is 11.4. The van der Waals surface area contributed by atoms with Crippen LogP contribution in [0.5, 0.6) is 11.5 Å². The summed E-state index contributed by atoms with van der Waals surface area (Å²) in [6, 6.07) is 8.87. The summed E-state index contributed by atoms with van der Waals surface area (Å²) in [4.78, 5) is 71.1. The number of nitro groups is 1. The van der Waals surface area contributed by atoms with Crippen molar-refractivity contribution in [3.63, 3.8) is 0 Å². The van der Waals surface area contributed by atoms with Gasteiger partial charge in [0.1, 0.15) is 18.1 Å². The molecule has 1 saturated heterocycles. The van der Waals surface area contributed by atoms with Crippen LogP contribution in [-0.2, 0) is 49.3 Å². The summed E-state index contributed by atoms with van der Waals surface area (Å²) >= 11 is 0.984. The molecule has 0 aromatic heterocycles. The van der Waals surface area contributed by atoms with E-state index in [1.165, 1.54) is 37.3 Å². The van der Waals surface area contributed by atoms with E-state index in [0.29, 0.717) is 16.7 Å². The van der Waals surface area contributed by atoms with Crippen LogP contribution in [0.4, 0.5) is 10.5 Å². The van der Waals surface area contributed by atoms with Crippen LogP contribution < -0.4 is 9.47 Å². The molecule has 0 radical (unpaired) electrons. The molecule has 1 fully saturated rings. The number of benzene rings is 2. The Labute approximate surface area is 267 Å². The molecule has 5 atom stereocenters. The molecule has 2 aromatic rings. The molecule has 0 amide bonds. The zero-order chi connectivity index (χ0) is 34.1. The third kappa shape index (κ3) is 9.82. The molecular formula is C30H33NO14S. The van der Waals surface area contributed by atoms with Gasteiger partial charge in [0, 0.05) is 57.9 Å². The van der Waals surface area contributed by atoms with Crippen molar-refractivity contribution in [2.24, 2.45) is 0 Å². The third-order valence-electron chi connectivity index (χ3n) is 6.47. The van der Waals surface area contributed by atoms with Crippen molar-refractivity contribution in [2.75, 3.05) is 13.7 Å². The Morgan fingerprint density at radius 3 is 2.09 bits per heavy atom. The predicted octanol–water partition coefficient (Wildman–Crippen LogP) is 3.82. The van der Waals surface area contributed by atoms with E-state index in [1.54, 1.807) is 13.0 Å². The predicted molar refractivity (Wildman–Crippen MR) is 159 cm³/mol. The molecule has 46 heavy (non-hydrogen) atoms. The van der Waals surface area contributed by atoms with Gasteiger partial charge in [-0.2, -0.15) is 0 Å². The molecular weight excluding hydrogens is 630 g/mol. The minimum Gasteiger partial charge on any atom is -0.475 e. The van der Waals surface area contributed by atoms with Gasteiger partial charge in [0.2, 0.25) is 0 Å². The average Bonchev–Trinajstić information content (AvgIpc) is 2.96. The fourth-order valence-corrected chi connectivity index (χ4v) is 6.06. The second-order valence-electron chi connectivity index (χ2n) is 10.1. The lowest BCUT2D eigenvalue weighted by molar-refractivity contribution is -0.384. The highest BCUT2D eigenvalue weighted by Crippen LogP contribution is 2.41. The van der Waals surface area contributed by atoms with Crippen LogP contribution in [0.15, 0.2) is 36.4 Å². The molecule has 0 saturated carbocycles. The maximum absolute atomic E-state index is 12.3. The Balaban J connectivity index is 2.16. The molecule has 15 nitrogen and oxygen atoms in total. The number of carbonyl (C=O) groups is 5. The van der Waals surface area contributed by atoms with Gasteiger partial charge in [-0.3, -0.25) is 29.3 Å². The van der Waals surface area contributed by atoms with Gasteiger partial charge < -0.3 is 33.2 Å². The number of hydrogen-bond donors (Lipinski definition) is 0. The van der Waals surface area contributed by atoms with Crippen LogP contribution in [0.3, 0.4) is 0 Å². The summed E-state index contributed by atoms with van der Waals surface area (Å²) in [5, 5.41) is 10.5. The summed E-state index contributed by atoms with van der Waals surface area (Å²) in [6.45, 7) is 5.96. The van der Waals surface area contributed by atoms with Crippen LogP contribution in [0.1, 0.15) is 44.4 Å². The molecule has 0 bridgehead atoms. The number of aryl methyl sites for hydroxylation is 1. The number of carbonyl (C=O) groups excluding carboxylic acids is 5. The van der Waals surface area contributed by atoms with E-state index in [1.807, 2.05) is 0 Å². The first-order chi connectivity index (χ1) is 21.7. The van der Waals surface area contributed by atoms with Crippen molar-refractivity contribution in [2.45, 2.75) is 70.0 Å². The first-order valence-electron chi connectivity index (χ1n) is 13.8. The van der Waals surface area contributed by atoms with E-state index >= 15 is 0 Å². The van der Waals surface area contributed by atoms with Gasteiger partial charge in [-0.1, -0.05) is 12.1 Å². The fraction of sp³-hybridized carbons (Fsp3) is 0.433. The highest BCUT2D eigenvalue weighted by atomic mass is 32.2. The molecule has 3 rings (SSSR count). The molecule has 0 spiro atoms. The molecule has 248 valence electrons. The lowest BCUT2D eigenvalue weighted by Crippen LogP contribution is -2.59. The largest absolute Gasteiger partial charge is 0.513 e. The van der Waals surface area contributed by atoms with Gasteiger partial charge in [-0.15, -0.1) is 11.8 Å². The van der Waals surface area contributed by atoms with E-state index in [2.05, 4.69) is 4.74 Å². The van der Waals surface area contributed by atoms with Crippen LogP contribution in [-0.4, -0.2) is 77.7 Å². The van der Waals surface area contributed by atoms with Gasteiger partial charge in [0.25, 0.3) is 5.69 Å². The van der Waals surface area contributed by atoms with Crippen molar-refractivity contribution < 1.29 is 62.1 Å². The van der Waals surface area contributed by atoms with Gasteiger partial charge in [-0.25, -0.2) is 4.79 Å². The summed E-state index contributed by atoms with van der Waals surface area (Å²) in [7, 11) is 1.13. The molecule has 16 heteroatoms.